The number of aryl methyl sites for hydroxylation is 1. The molecule has 0 aromatic heterocycles. The van der Waals surface area contributed by atoms with E-state index in [0.29, 0.717) is 0 Å². The summed E-state index contributed by atoms with van der Waals surface area (Å²) in [5.74, 6) is 0.977. The van der Waals surface area contributed by atoms with Crippen LogP contribution in [0.1, 0.15) is 45.1 Å². The number of ether oxygens (including phenoxy) is 1. The summed E-state index contributed by atoms with van der Waals surface area (Å²) in [7, 11) is 0. The Morgan fingerprint density at radius 1 is 1.18 bits per heavy atom. The summed E-state index contributed by atoms with van der Waals surface area (Å²) in [6, 6.07) is 8.67. The van der Waals surface area contributed by atoms with Gasteiger partial charge in [0.25, 0.3) is 0 Å². The summed E-state index contributed by atoms with van der Waals surface area (Å²) < 4.78 is 5.66. The fourth-order valence-corrected chi connectivity index (χ4v) is 1.69. The van der Waals surface area contributed by atoms with E-state index in [0.717, 1.165) is 31.6 Å². The van der Waals surface area contributed by atoms with Crippen LogP contribution in [0.25, 0.3) is 0 Å². The first-order chi connectivity index (χ1) is 8.22. The van der Waals surface area contributed by atoms with Gasteiger partial charge in [-0.05, 0) is 43.9 Å². The number of benzene rings is 1. The summed E-state index contributed by atoms with van der Waals surface area (Å²) in [6.45, 7) is 5.07. The van der Waals surface area contributed by atoms with Crippen LogP contribution < -0.4 is 10.5 Å². The highest BCUT2D eigenvalue weighted by atomic mass is 16.5. The van der Waals surface area contributed by atoms with Crippen LogP contribution in [0.4, 0.5) is 0 Å². The lowest BCUT2D eigenvalue weighted by Crippen LogP contribution is -2.15. The number of hydrogen-bond donors (Lipinski definition) is 1. The fourth-order valence-electron chi connectivity index (χ4n) is 1.69. The van der Waals surface area contributed by atoms with Gasteiger partial charge >= 0.3 is 0 Å². The molecule has 1 unspecified atom stereocenters. The molecule has 0 spiro atoms. The molecule has 96 valence electrons. The third-order valence-corrected chi connectivity index (χ3v) is 2.83. The molecule has 1 rings (SSSR count). The van der Waals surface area contributed by atoms with Crippen molar-refractivity contribution in [3.8, 4) is 5.75 Å². The fraction of sp³-hybridized carbons (Fsp3) is 0.600. The number of hydrogen-bond acceptors (Lipinski definition) is 2. The van der Waals surface area contributed by atoms with Gasteiger partial charge in [0, 0.05) is 6.04 Å². The Bertz CT molecular complexity index is 292. The van der Waals surface area contributed by atoms with Crippen LogP contribution in [0.3, 0.4) is 0 Å². The second-order valence-electron chi connectivity index (χ2n) is 4.72. The van der Waals surface area contributed by atoms with Crippen molar-refractivity contribution in [3.63, 3.8) is 0 Å². The van der Waals surface area contributed by atoms with Gasteiger partial charge in [-0.3, -0.25) is 0 Å². The van der Waals surface area contributed by atoms with Crippen molar-refractivity contribution in [2.24, 2.45) is 5.73 Å². The van der Waals surface area contributed by atoms with Crippen molar-refractivity contribution in [1.29, 1.82) is 0 Å². The molecule has 2 heteroatoms. The largest absolute Gasteiger partial charge is 0.494 e. The molecule has 2 N–H and O–H groups in total. The summed E-state index contributed by atoms with van der Waals surface area (Å²) >= 11 is 0. The molecule has 0 amide bonds. The van der Waals surface area contributed by atoms with Crippen molar-refractivity contribution in [2.45, 2.75) is 52.0 Å². The standard InChI is InChI=1S/C15H25NO/c1-3-4-5-12-17-15-10-8-14(9-11-15)7-6-13(2)16/h8-11,13H,3-7,12,16H2,1-2H3. The predicted molar refractivity (Wildman–Crippen MR) is 73.4 cm³/mol. The maximum atomic E-state index is 5.74. The predicted octanol–water partition coefficient (Wildman–Crippen LogP) is 3.54. The maximum absolute atomic E-state index is 5.74. The molecule has 1 atom stereocenters. The first kappa shape index (κ1) is 14.0. The van der Waals surface area contributed by atoms with Crippen LogP contribution in [0.5, 0.6) is 5.75 Å². The van der Waals surface area contributed by atoms with Crippen molar-refractivity contribution < 1.29 is 4.74 Å². The van der Waals surface area contributed by atoms with Crippen LogP contribution in [0.15, 0.2) is 24.3 Å². The first-order valence-electron chi connectivity index (χ1n) is 6.69. The molecule has 0 aliphatic rings. The Morgan fingerprint density at radius 3 is 2.47 bits per heavy atom. The van der Waals surface area contributed by atoms with E-state index in [1.807, 2.05) is 6.92 Å². The van der Waals surface area contributed by atoms with Gasteiger partial charge in [0.05, 0.1) is 6.61 Å². The van der Waals surface area contributed by atoms with E-state index in [1.165, 1.54) is 18.4 Å². The van der Waals surface area contributed by atoms with Crippen LogP contribution >= 0.6 is 0 Å². The van der Waals surface area contributed by atoms with Crippen molar-refractivity contribution in [2.75, 3.05) is 6.61 Å². The first-order valence-corrected chi connectivity index (χ1v) is 6.69. The van der Waals surface area contributed by atoms with E-state index in [2.05, 4.69) is 31.2 Å². The average Bonchev–Trinajstić information content (AvgIpc) is 2.33. The molecule has 2 nitrogen and oxygen atoms in total. The van der Waals surface area contributed by atoms with E-state index in [1.54, 1.807) is 0 Å². The molecule has 0 aliphatic carbocycles. The van der Waals surface area contributed by atoms with Crippen LogP contribution in [-0.4, -0.2) is 12.6 Å². The normalized spacial score (nSPS) is 12.4. The minimum Gasteiger partial charge on any atom is -0.494 e. The van der Waals surface area contributed by atoms with Gasteiger partial charge in [-0.15, -0.1) is 0 Å². The van der Waals surface area contributed by atoms with Gasteiger partial charge < -0.3 is 10.5 Å². The smallest absolute Gasteiger partial charge is 0.119 e. The minimum atomic E-state index is 0.278. The average molecular weight is 235 g/mol. The zero-order chi connectivity index (χ0) is 12.5. The Hall–Kier alpha value is -1.02. The highest BCUT2D eigenvalue weighted by Crippen LogP contribution is 2.14. The third kappa shape index (κ3) is 6.32. The molecule has 1 aromatic rings. The lowest BCUT2D eigenvalue weighted by Gasteiger charge is -2.08. The SMILES string of the molecule is CCCCCOc1ccc(CCC(C)N)cc1. The van der Waals surface area contributed by atoms with Crippen LogP contribution in [0, 0.1) is 0 Å². The maximum Gasteiger partial charge on any atom is 0.119 e. The van der Waals surface area contributed by atoms with E-state index >= 15 is 0 Å². The quantitative estimate of drug-likeness (QED) is 0.699. The Labute approximate surface area is 105 Å². The van der Waals surface area contributed by atoms with Crippen molar-refractivity contribution in [1.82, 2.24) is 0 Å². The van der Waals surface area contributed by atoms with Crippen molar-refractivity contribution in [3.05, 3.63) is 29.8 Å². The molecule has 17 heavy (non-hydrogen) atoms. The molecule has 1 aromatic carbocycles. The molecular formula is C15H25NO. The summed E-state index contributed by atoms with van der Waals surface area (Å²) in [5.41, 5.74) is 7.08. The Balaban J connectivity index is 2.29. The number of rotatable bonds is 8. The third-order valence-electron chi connectivity index (χ3n) is 2.83. The zero-order valence-corrected chi connectivity index (χ0v) is 11.1. The van der Waals surface area contributed by atoms with Gasteiger partial charge in [-0.1, -0.05) is 31.9 Å². The van der Waals surface area contributed by atoms with Crippen LogP contribution in [-0.2, 0) is 6.42 Å². The van der Waals surface area contributed by atoms with E-state index in [-0.39, 0.29) is 6.04 Å². The summed E-state index contributed by atoms with van der Waals surface area (Å²) in [5, 5.41) is 0. The van der Waals surface area contributed by atoms with Gasteiger partial charge in [0.1, 0.15) is 5.75 Å². The van der Waals surface area contributed by atoms with Gasteiger partial charge in [0.2, 0.25) is 0 Å². The molecular weight excluding hydrogens is 210 g/mol. The van der Waals surface area contributed by atoms with E-state index in [4.69, 9.17) is 10.5 Å². The monoisotopic (exact) mass is 235 g/mol. The molecule has 0 bridgehead atoms. The Morgan fingerprint density at radius 2 is 1.88 bits per heavy atom. The minimum absolute atomic E-state index is 0.278. The highest BCUT2D eigenvalue weighted by Gasteiger charge is 1.98. The van der Waals surface area contributed by atoms with Crippen LogP contribution in [0.2, 0.25) is 0 Å². The van der Waals surface area contributed by atoms with Gasteiger partial charge in [-0.25, -0.2) is 0 Å². The van der Waals surface area contributed by atoms with Crippen molar-refractivity contribution >= 4 is 0 Å². The highest BCUT2D eigenvalue weighted by molar-refractivity contribution is 5.27. The van der Waals surface area contributed by atoms with E-state index < -0.39 is 0 Å². The second kappa shape index (κ2) is 8.13. The molecule has 0 saturated heterocycles. The molecule has 0 fully saturated rings. The lowest BCUT2D eigenvalue weighted by molar-refractivity contribution is 0.306. The molecule has 0 heterocycles. The van der Waals surface area contributed by atoms with Gasteiger partial charge in [-0.2, -0.15) is 0 Å². The molecule has 0 saturated carbocycles. The van der Waals surface area contributed by atoms with E-state index in [9.17, 15) is 0 Å². The Kier molecular flexibility index (Phi) is 6.71. The zero-order valence-electron chi connectivity index (χ0n) is 11.1. The summed E-state index contributed by atoms with van der Waals surface area (Å²) in [4.78, 5) is 0. The number of nitrogens with two attached hydrogens (primary N) is 1. The van der Waals surface area contributed by atoms with Gasteiger partial charge in [0.15, 0.2) is 0 Å². The second-order valence-corrected chi connectivity index (χ2v) is 4.72. The molecule has 0 radical (unpaired) electrons. The molecule has 0 aliphatic heterocycles. The number of unbranched alkanes of at least 4 members (excludes halogenated alkanes) is 2. The lowest BCUT2D eigenvalue weighted by atomic mass is 10.1. The summed E-state index contributed by atoms with van der Waals surface area (Å²) in [6.07, 6.45) is 5.71. The topological polar surface area (TPSA) is 35.2 Å².